The molecule has 1 fully saturated rings. The van der Waals surface area contributed by atoms with Gasteiger partial charge in [-0.1, -0.05) is 12.1 Å². The van der Waals surface area contributed by atoms with Crippen molar-refractivity contribution in [1.82, 2.24) is 10.6 Å². The van der Waals surface area contributed by atoms with E-state index in [2.05, 4.69) is 10.6 Å². The molecule has 1 saturated heterocycles. The fourth-order valence-corrected chi connectivity index (χ4v) is 2.78. The zero-order chi connectivity index (χ0) is 13.0. The summed E-state index contributed by atoms with van der Waals surface area (Å²) in [6, 6.07) is 7.74. The van der Waals surface area contributed by atoms with Crippen molar-refractivity contribution >= 4 is 9.84 Å². The van der Waals surface area contributed by atoms with Crippen LogP contribution in [0, 0.1) is 0 Å². The van der Waals surface area contributed by atoms with Gasteiger partial charge in [0.1, 0.15) is 0 Å². The molecule has 0 radical (unpaired) electrons. The van der Waals surface area contributed by atoms with Gasteiger partial charge in [-0.2, -0.15) is 0 Å². The second kappa shape index (κ2) is 5.82. The van der Waals surface area contributed by atoms with Gasteiger partial charge < -0.3 is 10.6 Å². The molecule has 0 spiro atoms. The second-order valence-electron chi connectivity index (χ2n) is 4.81. The van der Waals surface area contributed by atoms with E-state index >= 15 is 0 Å². The van der Waals surface area contributed by atoms with Crippen LogP contribution < -0.4 is 10.6 Å². The predicted molar refractivity (Wildman–Crippen MR) is 72.5 cm³/mol. The summed E-state index contributed by atoms with van der Waals surface area (Å²) < 4.78 is 22.6. The van der Waals surface area contributed by atoms with Crippen LogP contribution in [0.2, 0.25) is 0 Å². The maximum atomic E-state index is 11.3. The minimum absolute atomic E-state index is 0.388. The molecule has 5 heteroatoms. The maximum Gasteiger partial charge on any atom is 0.175 e. The van der Waals surface area contributed by atoms with Crippen LogP contribution in [0.15, 0.2) is 29.2 Å². The van der Waals surface area contributed by atoms with Crippen molar-refractivity contribution in [3.63, 3.8) is 0 Å². The van der Waals surface area contributed by atoms with Crippen LogP contribution in [0.1, 0.15) is 12.0 Å². The normalized spacial score (nSPS) is 20.2. The molecule has 0 saturated carbocycles. The van der Waals surface area contributed by atoms with Crippen molar-refractivity contribution < 1.29 is 8.42 Å². The molecule has 1 heterocycles. The van der Waals surface area contributed by atoms with Gasteiger partial charge in [0.2, 0.25) is 0 Å². The largest absolute Gasteiger partial charge is 0.315 e. The van der Waals surface area contributed by atoms with Crippen molar-refractivity contribution in [2.45, 2.75) is 23.8 Å². The summed E-state index contributed by atoms with van der Waals surface area (Å²) in [6.07, 6.45) is 3.35. The third kappa shape index (κ3) is 3.80. The van der Waals surface area contributed by atoms with Gasteiger partial charge in [-0.05, 0) is 43.6 Å². The molecule has 1 unspecified atom stereocenters. The van der Waals surface area contributed by atoms with Crippen LogP contribution in [0.25, 0.3) is 0 Å². The predicted octanol–water partition coefficient (Wildman–Crippen LogP) is 0.584. The Bertz CT molecular complexity index is 476. The minimum Gasteiger partial charge on any atom is -0.315 e. The SMILES string of the molecule is CS(=O)(=O)c1ccc(CCNC2CCNC2)cc1. The first-order valence-corrected chi connectivity index (χ1v) is 8.18. The van der Waals surface area contributed by atoms with Gasteiger partial charge >= 0.3 is 0 Å². The average molecular weight is 268 g/mol. The zero-order valence-corrected chi connectivity index (χ0v) is 11.5. The molecule has 1 aliphatic rings. The van der Waals surface area contributed by atoms with Crippen LogP contribution in [0.5, 0.6) is 0 Å². The summed E-state index contributed by atoms with van der Waals surface area (Å²) in [7, 11) is -3.08. The number of hydrogen-bond donors (Lipinski definition) is 2. The molecule has 18 heavy (non-hydrogen) atoms. The number of rotatable bonds is 5. The van der Waals surface area contributed by atoms with Crippen LogP contribution >= 0.6 is 0 Å². The highest BCUT2D eigenvalue weighted by Crippen LogP contribution is 2.10. The van der Waals surface area contributed by atoms with Gasteiger partial charge in [0.25, 0.3) is 0 Å². The van der Waals surface area contributed by atoms with Crippen molar-refractivity contribution in [2.24, 2.45) is 0 Å². The Balaban J connectivity index is 1.83. The molecule has 4 nitrogen and oxygen atoms in total. The average Bonchev–Trinajstić information content (AvgIpc) is 2.82. The minimum atomic E-state index is -3.08. The molecule has 0 aliphatic carbocycles. The summed E-state index contributed by atoms with van der Waals surface area (Å²) in [4.78, 5) is 0.388. The molecule has 0 bridgehead atoms. The Hall–Kier alpha value is -0.910. The van der Waals surface area contributed by atoms with Crippen LogP contribution in [-0.2, 0) is 16.3 Å². The van der Waals surface area contributed by atoms with E-state index in [9.17, 15) is 8.42 Å². The first-order chi connectivity index (χ1) is 8.55. The van der Waals surface area contributed by atoms with E-state index in [1.165, 1.54) is 18.2 Å². The lowest BCUT2D eigenvalue weighted by Gasteiger charge is -2.10. The van der Waals surface area contributed by atoms with Gasteiger partial charge in [-0.3, -0.25) is 0 Å². The van der Waals surface area contributed by atoms with E-state index in [4.69, 9.17) is 0 Å². The van der Waals surface area contributed by atoms with Crippen LogP contribution in [0.4, 0.5) is 0 Å². The Kier molecular flexibility index (Phi) is 4.37. The first kappa shape index (κ1) is 13.5. The molecule has 100 valence electrons. The lowest BCUT2D eigenvalue weighted by Crippen LogP contribution is -2.32. The third-order valence-electron chi connectivity index (χ3n) is 3.26. The molecular formula is C13H20N2O2S. The molecule has 1 atom stereocenters. The van der Waals surface area contributed by atoms with E-state index in [0.29, 0.717) is 10.9 Å². The fourth-order valence-electron chi connectivity index (χ4n) is 2.15. The number of sulfone groups is 1. The van der Waals surface area contributed by atoms with E-state index < -0.39 is 9.84 Å². The van der Waals surface area contributed by atoms with Crippen molar-refractivity contribution in [3.8, 4) is 0 Å². The fraction of sp³-hybridized carbons (Fsp3) is 0.538. The lowest BCUT2D eigenvalue weighted by molar-refractivity contribution is 0.550. The zero-order valence-electron chi connectivity index (χ0n) is 10.6. The molecule has 2 N–H and O–H groups in total. The first-order valence-electron chi connectivity index (χ1n) is 6.29. The van der Waals surface area contributed by atoms with Crippen LogP contribution in [-0.4, -0.2) is 40.3 Å². The molecule has 1 aliphatic heterocycles. The Labute approximate surface area is 109 Å². The molecule has 1 aromatic carbocycles. The number of benzene rings is 1. The summed E-state index contributed by atoms with van der Waals surface area (Å²) in [5.41, 5.74) is 1.17. The van der Waals surface area contributed by atoms with Crippen molar-refractivity contribution in [2.75, 3.05) is 25.9 Å². The molecule has 2 rings (SSSR count). The van der Waals surface area contributed by atoms with Crippen LogP contribution in [0.3, 0.4) is 0 Å². The molecule has 1 aromatic rings. The van der Waals surface area contributed by atoms with E-state index in [1.54, 1.807) is 12.1 Å². The summed E-state index contributed by atoms with van der Waals surface area (Å²) >= 11 is 0. The summed E-state index contributed by atoms with van der Waals surface area (Å²) in [6.45, 7) is 3.08. The van der Waals surface area contributed by atoms with E-state index in [1.807, 2.05) is 12.1 Å². The lowest BCUT2D eigenvalue weighted by atomic mass is 10.1. The quantitative estimate of drug-likeness (QED) is 0.820. The highest BCUT2D eigenvalue weighted by molar-refractivity contribution is 7.90. The Morgan fingerprint density at radius 1 is 1.33 bits per heavy atom. The monoisotopic (exact) mass is 268 g/mol. The van der Waals surface area contributed by atoms with Gasteiger partial charge in [0, 0.05) is 18.8 Å². The van der Waals surface area contributed by atoms with Crippen molar-refractivity contribution in [3.05, 3.63) is 29.8 Å². The second-order valence-corrected chi connectivity index (χ2v) is 6.83. The summed E-state index contributed by atoms with van der Waals surface area (Å²) in [5.74, 6) is 0. The molecular weight excluding hydrogens is 248 g/mol. The Morgan fingerprint density at radius 2 is 2.06 bits per heavy atom. The molecule has 0 aromatic heterocycles. The van der Waals surface area contributed by atoms with Gasteiger partial charge in [-0.15, -0.1) is 0 Å². The van der Waals surface area contributed by atoms with Gasteiger partial charge in [-0.25, -0.2) is 8.42 Å². The maximum absolute atomic E-state index is 11.3. The Morgan fingerprint density at radius 3 is 2.61 bits per heavy atom. The third-order valence-corrected chi connectivity index (χ3v) is 4.39. The van der Waals surface area contributed by atoms with Crippen molar-refractivity contribution in [1.29, 1.82) is 0 Å². The highest BCUT2D eigenvalue weighted by atomic mass is 32.2. The topological polar surface area (TPSA) is 58.2 Å². The highest BCUT2D eigenvalue weighted by Gasteiger charge is 2.12. The standard InChI is InChI=1S/C13H20N2O2S/c1-18(16,17)13-4-2-11(3-5-13)6-9-15-12-7-8-14-10-12/h2-5,12,14-15H,6-10H2,1H3. The van der Waals surface area contributed by atoms with Gasteiger partial charge in [0.05, 0.1) is 4.90 Å². The number of nitrogens with one attached hydrogen (secondary N) is 2. The van der Waals surface area contributed by atoms with E-state index in [0.717, 1.165) is 26.1 Å². The smallest absolute Gasteiger partial charge is 0.175 e. The molecule has 0 amide bonds. The van der Waals surface area contributed by atoms with E-state index in [-0.39, 0.29) is 0 Å². The summed E-state index contributed by atoms with van der Waals surface area (Å²) in [5, 5.41) is 6.81. The van der Waals surface area contributed by atoms with Gasteiger partial charge in [0.15, 0.2) is 9.84 Å². The number of hydrogen-bond acceptors (Lipinski definition) is 4.